The molecule has 1 unspecified atom stereocenters. The van der Waals surface area contributed by atoms with Crippen molar-refractivity contribution in [3.63, 3.8) is 0 Å². The van der Waals surface area contributed by atoms with Gasteiger partial charge in [-0.15, -0.1) is 24.0 Å². The van der Waals surface area contributed by atoms with Crippen LogP contribution in [0.5, 0.6) is 0 Å². The summed E-state index contributed by atoms with van der Waals surface area (Å²) in [5.74, 6) is 1.05. The highest BCUT2D eigenvalue weighted by molar-refractivity contribution is 14.0. The standard InChI is InChI=1S/C20H33N5.HI/c1-3-24-9-11-25(12-10-24)15-16(2)14-22-20(21)23-19-8-7-17-5-4-6-18(17)13-19;/h7-8,13,16H,3-6,9-12,14-15H2,1-2H3,(H3,21,22,23);1H. The molecule has 5 nitrogen and oxygen atoms in total. The Morgan fingerprint density at radius 1 is 1.15 bits per heavy atom. The average Bonchev–Trinajstić information content (AvgIpc) is 3.08. The largest absolute Gasteiger partial charge is 0.370 e. The van der Waals surface area contributed by atoms with Crippen molar-refractivity contribution in [1.82, 2.24) is 9.80 Å². The summed E-state index contributed by atoms with van der Waals surface area (Å²) in [7, 11) is 0. The first kappa shape index (κ1) is 21.4. The van der Waals surface area contributed by atoms with Crippen molar-refractivity contribution in [2.75, 3.05) is 51.1 Å². The molecule has 1 aromatic carbocycles. The normalized spacial score (nSPS) is 19.7. The van der Waals surface area contributed by atoms with Gasteiger partial charge in [-0.2, -0.15) is 0 Å². The van der Waals surface area contributed by atoms with Gasteiger partial charge in [-0.05, 0) is 55.0 Å². The topological polar surface area (TPSA) is 56.9 Å². The van der Waals surface area contributed by atoms with Gasteiger partial charge < -0.3 is 20.9 Å². The Morgan fingerprint density at radius 3 is 2.58 bits per heavy atom. The Bertz CT molecular complexity index is 596. The molecule has 0 aromatic heterocycles. The van der Waals surface area contributed by atoms with E-state index in [2.05, 4.69) is 52.2 Å². The van der Waals surface area contributed by atoms with Crippen molar-refractivity contribution in [3.8, 4) is 0 Å². The molecule has 3 N–H and O–H groups in total. The minimum Gasteiger partial charge on any atom is -0.370 e. The summed E-state index contributed by atoms with van der Waals surface area (Å²) in [6.07, 6.45) is 3.67. The number of aryl methyl sites for hydroxylation is 2. The highest BCUT2D eigenvalue weighted by Crippen LogP contribution is 2.24. The van der Waals surface area contributed by atoms with Crippen LogP contribution in [-0.2, 0) is 12.8 Å². The molecule has 26 heavy (non-hydrogen) atoms. The number of likely N-dealkylation sites (N-methyl/N-ethyl adjacent to an activating group) is 1. The summed E-state index contributed by atoms with van der Waals surface area (Å²) in [4.78, 5) is 9.62. The maximum Gasteiger partial charge on any atom is 0.193 e. The lowest BCUT2D eigenvalue weighted by Gasteiger charge is -2.35. The third kappa shape index (κ3) is 6.09. The van der Waals surface area contributed by atoms with E-state index in [1.54, 1.807) is 0 Å². The van der Waals surface area contributed by atoms with E-state index in [-0.39, 0.29) is 24.0 Å². The van der Waals surface area contributed by atoms with Crippen LogP contribution in [0.1, 0.15) is 31.4 Å². The van der Waals surface area contributed by atoms with Gasteiger partial charge in [0.15, 0.2) is 5.96 Å². The maximum absolute atomic E-state index is 6.09. The molecule has 1 aliphatic carbocycles. The number of nitrogens with one attached hydrogen (secondary N) is 1. The van der Waals surface area contributed by atoms with E-state index in [4.69, 9.17) is 5.73 Å². The fraction of sp³-hybridized carbons (Fsp3) is 0.650. The van der Waals surface area contributed by atoms with Gasteiger partial charge in [0, 0.05) is 45.0 Å². The van der Waals surface area contributed by atoms with Crippen LogP contribution in [0.15, 0.2) is 23.2 Å². The van der Waals surface area contributed by atoms with Crippen LogP contribution in [0.2, 0.25) is 0 Å². The molecular formula is C20H34IN5. The molecule has 2 aliphatic rings. The average molecular weight is 471 g/mol. The van der Waals surface area contributed by atoms with Gasteiger partial charge in [-0.25, -0.2) is 0 Å². The van der Waals surface area contributed by atoms with Crippen molar-refractivity contribution in [2.24, 2.45) is 16.6 Å². The van der Waals surface area contributed by atoms with Gasteiger partial charge in [0.2, 0.25) is 0 Å². The Morgan fingerprint density at radius 2 is 1.85 bits per heavy atom. The van der Waals surface area contributed by atoms with Gasteiger partial charge in [0.25, 0.3) is 0 Å². The predicted molar refractivity (Wildman–Crippen MR) is 122 cm³/mol. The number of benzene rings is 1. The highest BCUT2D eigenvalue weighted by Gasteiger charge is 2.17. The van der Waals surface area contributed by atoms with E-state index in [1.165, 1.54) is 63.1 Å². The summed E-state index contributed by atoms with van der Waals surface area (Å²) in [6, 6.07) is 6.56. The number of nitrogens with two attached hydrogens (primary N) is 1. The second-order valence-electron chi connectivity index (χ2n) is 7.53. The quantitative estimate of drug-likeness (QED) is 0.381. The molecule has 1 saturated heterocycles. The Balaban J connectivity index is 0.00000243. The third-order valence-corrected chi connectivity index (χ3v) is 5.43. The van der Waals surface area contributed by atoms with Gasteiger partial charge in [-0.1, -0.05) is 19.9 Å². The highest BCUT2D eigenvalue weighted by atomic mass is 127. The summed E-state index contributed by atoms with van der Waals surface area (Å²) in [6.45, 7) is 12.3. The monoisotopic (exact) mass is 471 g/mol. The van der Waals surface area contributed by atoms with E-state index in [1.807, 2.05) is 0 Å². The van der Waals surface area contributed by atoms with E-state index in [0.717, 1.165) is 18.8 Å². The van der Waals surface area contributed by atoms with Crippen molar-refractivity contribution < 1.29 is 0 Å². The Hall–Kier alpha value is -0.860. The first-order valence-corrected chi connectivity index (χ1v) is 9.77. The molecule has 0 radical (unpaired) electrons. The molecule has 1 aromatic rings. The minimum atomic E-state index is 0. The van der Waals surface area contributed by atoms with Crippen molar-refractivity contribution in [2.45, 2.75) is 33.1 Å². The molecule has 0 bridgehead atoms. The molecule has 0 saturated carbocycles. The molecule has 6 heteroatoms. The van der Waals surface area contributed by atoms with Crippen LogP contribution >= 0.6 is 24.0 Å². The summed E-state index contributed by atoms with van der Waals surface area (Å²) < 4.78 is 0. The number of hydrogen-bond acceptors (Lipinski definition) is 3. The van der Waals surface area contributed by atoms with Crippen LogP contribution in [0.25, 0.3) is 0 Å². The summed E-state index contributed by atoms with van der Waals surface area (Å²) in [5.41, 5.74) is 10.1. The van der Waals surface area contributed by atoms with E-state index >= 15 is 0 Å². The maximum atomic E-state index is 6.09. The first-order chi connectivity index (χ1) is 12.1. The SMILES string of the molecule is CCN1CCN(CC(C)CN=C(N)Nc2ccc3c(c2)CCC3)CC1.I. The first-order valence-electron chi connectivity index (χ1n) is 9.77. The van der Waals surface area contributed by atoms with Crippen molar-refractivity contribution in [3.05, 3.63) is 29.3 Å². The van der Waals surface area contributed by atoms with Gasteiger partial charge in [0.05, 0.1) is 0 Å². The second kappa shape index (κ2) is 10.5. The zero-order chi connectivity index (χ0) is 17.6. The number of halogens is 1. The molecule has 1 aliphatic heterocycles. The Labute approximate surface area is 175 Å². The van der Waals surface area contributed by atoms with Crippen LogP contribution in [0.4, 0.5) is 5.69 Å². The predicted octanol–water partition coefficient (Wildman–Crippen LogP) is 2.79. The summed E-state index contributed by atoms with van der Waals surface area (Å²) >= 11 is 0. The lowest BCUT2D eigenvalue weighted by molar-refractivity contribution is 0.125. The number of hydrogen-bond donors (Lipinski definition) is 2. The number of nitrogens with zero attached hydrogens (tertiary/aromatic N) is 3. The number of anilines is 1. The van der Waals surface area contributed by atoms with E-state index in [9.17, 15) is 0 Å². The smallest absolute Gasteiger partial charge is 0.193 e. The Kier molecular flexibility index (Phi) is 8.63. The zero-order valence-corrected chi connectivity index (χ0v) is 18.5. The fourth-order valence-corrected chi connectivity index (χ4v) is 3.88. The molecule has 1 fully saturated rings. The van der Waals surface area contributed by atoms with Crippen LogP contribution in [0.3, 0.4) is 0 Å². The summed E-state index contributed by atoms with van der Waals surface area (Å²) in [5, 5.41) is 3.25. The van der Waals surface area contributed by atoms with Gasteiger partial charge in [-0.3, -0.25) is 4.99 Å². The van der Waals surface area contributed by atoms with Crippen LogP contribution < -0.4 is 11.1 Å². The minimum absolute atomic E-state index is 0. The lowest BCUT2D eigenvalue weighted by atomic mass is 10.1. The van der Waals surface area contributed by atoms with Crippen molar-refractivity contribution in [1.29, 1.82) is 0 Å². The molecule has 146 valence electrons. The number of piperazine rings is 1. The zero-order valence-electron chi connectivity index (χ0n) is 16.2. The number of rotatable bonds is 6. The fourth-order valence-electron chi connectivity index (χ4n) is 3.88. The number of aliphatic imine (C=N–C) groups is 1. The molecule has 1 atom stereocenters. The van der Waals surface area contributed by atoms with Crippen LogP contribution in [-0.4, -0.2) is 61.6 Å². The van der Waals surface area contributed by atoms with Gasteiger partial charge in [0.1, 0.15) is 0 Å². The molecule has 3 rings (SSSR count). The lowest BCUT2D eigenvalue weighted by Crippen LogP contribution is -2.47. The number of guanidine groups is 1. The molecule has 0 spiro atoms. The van der Waals surface area contributed by atoms with E-state index in [0.29, 0.717) is 11.9 Å². The second-order valence-corrected chi connectivity index (χ2v) is 7.53. The molecule has 1 heterocycles. The third-order valence-electron chi connectivity index (χ3n) is 5.43. The van der Waals surface area contributed by atoms with Crippen LogP contribution in [0, 0.1) is 5.92 Å². The van der Waals surface area contributed by atoms with E-state index < -0.39 is 0 Å². The van der Waals surface area contributed by atoms with Crippen molar-refractivity contribution >= 4 is 35.6 Å². The molecular weight excluding hydrogens is 437 g/mol. The number of fused-ring (bicyclic) bond motifs is 1. The van der Waals surface area contributed by atoms with Gasteiger partial charge >= 0.3 is 0 Å². The molecule has 0 amide bonds.